The van der Waals surface area contributed by atoms with E-state index >= 15 is 0 Å². The summed E-state index contributed by atoms with van der Waals surface area (Å²) in [5.74, 6) is 0.613. The molecule has 156 valence electrons. The van der Waals surface area contributed by atoms with Crippen molar-refractivity contribution in [2.45, 2.75) is 13.8 Å². The van der Waals surface area contributed by atoms with Crippen molar-refractivity contribution in [2.24, 2.45) is 0 Å². The number of hydrogen-bond donors (Lipinski definition) is 2. The van der Waals surface area contributed by atoms with Crippen molar-refractivity contribution in [1.82, 2.24) is 4.98 Å². The Balaban J connectivity index is 1.91. The summed E-state index contributed by atoms with van der Waals surface area (Å²) in [6.07, 6.45) is 3.04. The Kier molecular flexibility index (Phi) is 6.97. The Morgan fingerprint density at radius 1 is 1.27 bits per heavy atom. The molecule has 0 bridgehead atoms. The van der Waals surface area contributed by atoms with Gasteiger partial charge in [0.05, 0.1) is 23.3 Å². The predicted molar refractivity (Wildman–Crippen MR) is 121 cm³/mol. The van der Waals surface area contributed by atoms with Crippen molar-refractivity contribution in [3.05, 3.63) is 72.1 Å². The molecule has 0 saturated carbocycles. The number of aromatic nitrogens is 1. The minimum Gasteiger partial charge on any atom is -0.491 e. The number of amides is 1. The number of methoxy groups -OCH3 is 1. The van der Waals surface area contributed by atoms with Gasteiger partial charge in [-0.25, -0.2) is 0 Å². The summed E-state index contributed by atoms with van der Waals surface area (Å²) in [6.45, 7) is 4.28. The Labute approximate surface area is 182 Å². The van der Waals surface area contributed by atoms with Gasteiger partial charge in [-0.3, -0.25) is 9.59 Å². The summed E-state index contributed by atoms with van der Waals surface area (Å²) in [5, 5.41) is 3.15. The highest BCUT2D eigenvalue weighted by Crippen LogP contribution is 2.36. The van der Waals surface area contributed by atoms with Crippen molar-refractivity contribution >= 4 is 46.7 Å². The molecule has 2 N–H and O–H groups in total. The third-order valence-electron chi connectivity index (χ3n) is 4.10. The molecule has 0 radical (unpaired) electrons. The fourth-order valence-corrected chi connectivity index (χ4v) is 3.92. The first-order valence-electron chi connectivity index (χ1n) is 9.20. The van der Waals surface area contributed by atoms with Gasteiger partial charge in [0.2, 0.25) is 0 Å². The third-order valence-corrected chi connectivity index (χ3v) is 5.34. The predicted octanol–water partition coefficient (Wildman–Crippen LogP) is 3.05. The first-order chi connectivity index (χ1) is 14.4. The van der Waals surface area contributed by atoms with E-state index in [0.29, 0.717) is 43.6 Å². The van der Waals surface area contributed by atoms with Crippen LogP contribution in [0.3, 0.4) is 0 Å². The monoisotopic (exact) mass is 444 g/mol. The Morgan fingerprint density at radius 3 is 2.67 bits per heavy atom. The maximum atomic E-state index is 12.3. The number of H-pyrrole nitrogens is 1. The summed E-state index contributed by atoms with van der Waals surface area (Å²) in [5.41, 5.74) is 2.18. The molecule has 0 aliphatic carbocycles. The molecule has 8 heteroatoms. The number of carbonyl (C=O) groups is 1. The smallest absolute Gasteiger partial charge is 0.266 e. The van der Waals surface area contributed by atoms with Gasteiger partial charge in [-0.15, -0.1) is 11.3 Å². The second-order valence-electron chi connectivity index (χ2n) is 6.40. The standard InChI is InChI=1S/C22H21ClN2O4S/c1-4-29-17-10-14(9-16(23)21(17)28-3)11-18-22(27)25-20(30-18)12-19(26)24-15-7-5-13(2)6-8-15/h5-12H,4H2,1-3H3,(H,24,26)(H,25,27)/b18-11-,20-12-. The lowest BCUT2D eigenvalue weighted by Gasteiger charge is -2.11. The molecule has 1 heterocycles. The van der Waals surface area contributed by atoms with Crippen LogP contribution in [0.15, 0.2) is 41.2 Å². The van der Waals surface area contributed by atoms with Crippen LogP contribution in [0.4, 0.5) is 5.69 Å². The summed E-state index contributed by atoms with van der Waals surface area (Å²) in [6, 6.07) is 10.9. The van der Waals surface area contributed by atoms with Crippen LogP contribution in [0.5, 0.6) is 11.5 Å². The Bertz CT molecular complexity index is 1230. The average molecular weight is 445 g/mol. The molecule has 3 rings (SSSR count). The summed E-state index contributed by atoms with van der Waals surface area (Å²) < 4.78 is 11.7. The molecule has 30 heavy (non-hydrogen) atoms. The lowest BCUT2D eigenvalue weighted by Crippen LogP contribution is -2.20. The molecule has 1 aromatic heterocycles. The third kappa shape index (κ3) is 5.31. The SMILES string of the molecule is CCOc1cc(/C=c2\s/c(=C\C(=O)Nc3ccc(C)cc3)[nH]c2=O)cc(Cl)c1OC. The fraction of sp³-hybridized carbons (Fsp3) is 0.182. The molecule has 6 nitrogen and oxygen atoms in total. The summed E-state index contributed by atoms with van der Waals surface area (Å²) in [7, 11) is 1.51. The van der Waals surface area contributed by atoms with Gasteiger partial charge in [-0.1, -0.05) is 29.3 Å². The number of thiazole rings is 1. The zero-order chi connectivity index (χ0) is 21.7. The molecule has 0 spiro atoms. The van der Waals surface area contributed by atoms with Crippen molar-refractivity contribution in [3.63, 3.8) is 0 Å². The molecule has 0 saturated heterocycles. The highest BCUT2D eigenvalue weighted by Gasteiger charge is 2.11. The average Bonchev–Trinajstić information content (AvgIpc) is 3.02. The Hall–Kier alpha value is -3.03. The van der Waals surface area contributed by atoms with Crippen LogP contribution < -0.4 is 29.5 Å². The quantitative estimate of drug-likeness (QED) is 0.612. The molecule has 0 fully saturated rings. The van der Waals surface area contributed by atoms with Gasteiger partial charge in [-0.05, 0) is 49.8 Å². The van der Waals surface area contributed by atoms with Crippen LogP contribution >= 0.6 is 22.9 Å². The van der Waals surface area contributed by atoms with E-state index in [-0.39, 0.29) is 11.5 Å². The van der Waals surface area contributed by atoms with Crippen molar-refractivity contribution in [3.8, 4) is 11.5 Å². The molecule has 0 aliphatic rings. The van der Waals surface area contributed by atoms with Gasteiger partial charge in [-0.2, -0.15) is 0 Å². The number of hydrogen-bond acceptors (Lipinski definition) is 5. The number of benzene rings is 2. The first-order valence-corrected chi connectivity index (χ1v) is 10.4. The molecule has 0 atom stereocenters. The van der Waals surface area contributed by atoms with Crippen LogP contribution in [0, 0.1) is 6.92 Å². The zero-order valence-electron chi connectivity index (χ0n) is 16.7. The number of carbonyl (C=O) groups excluding carboxylic acids is 1. The molecule has 0 unspecified atom stereocenters. The van der Waals surface area contributed by atoms with Crippen molar-refractivity contribution < 1.29 is 14.3 Å². The minimum atomic E-state index is -0.325. The molecule has 0 aliphatic heterocycles. The number of rotatable bonds is 6. The van der Waals surface area contributed by atoms with Gasteiger partial charge in [0.1, 0.15) is 4.66 Å². The largest absolute Gasteiger partial charge is 0.491 e. The number of aromatic amines is 1. The van der Waals surface area contributed by atoms with E-state index in [9.17, 15) is 9.59 Å². The first kappa shape index (κ1) is 21.7. The lowest BCUT2D eigenvalue weighted by atomic mass is 10.2. The fourth-order valence-electron chi connectivity index (χ4n) is 2.74. The topological polar surface area (TPSA) is 80.4 Å². The van der Waals surface area contributed by atoms with Gasteiger partial charge in [0.25, 0.3) is 11.5 Å². The van der Waals surface area contributed by atoms with Crippen molar-refractivity contribution in [2.75, 3.05) is 19.0 Å². The molecule has 3 aromatic rings. The molecule has 2 aromatic carbocycles. The van der Waals surface area contributed by atoms with E-state index < -0.39 is 0 Å². The number of halogens is 1. The number of ether oxygens (including phenoxy) is 2. The van der Waals surface area contributed by atoms with Crippen LogP contribution in [-0.4, -0.2) is 24.6 Å². The molecular formula is C22H21ClN2O4S. The number of anilines is 1. The minimum absolute atomic E-state index is 0.292. The maximum absolute atomic E-state index is 12.3. The maximum Gasteiger partial charge on any atom is 0.266 e. The van der Waals surface area contributed by atoms with Crippen LogP contribution in [0.25, 0.3) is 12.2 Å². The summed E-state index contributed by atoms with van der Waals surface area (Å²) >= 11 is 7.45. The van der Waals surface area contributed by atoms with E-state index in [1.165, 1.54) is 24.5 Å². The zero-order valence-corrected chi connectivity index (χ0v) is 18.3. The highest BCUT2D eigenvalue weighted by atomic mass is 35.5. The molecule has 1 amide bonds. The van der Waals surface area contributed by atoms with Crippen molar-refractivity contribution in [1.29, 1.82) is 0 Å². The van der Waals surface area contributed by atoms with E-state index in [1.54, 1.807) is 18.2 Å². The van der Waals surface area contributed by atoms with E-state index in [0.717, 1.165) is 5.56 Å². The van der Waals surface area contributed by atoms with Gasteiger partial charge in [0, 0.05) is 11.8 Å². The van der Waals surface area contributed by atoms with Gasteiger partial charge < -0.3 is 19.8 Å². The second-order valence-corrected chi connectivity index (χ2v) is 7.89. The van der Waals surface area contributed by atoms with Crippen LogP contribution in [0.2, 0.25) is 5.02 Å². The Morgan fingerprint density at radius 2 is 2.00 bits per heavy atom. The van der Waals surface area contributed by atoms with Gasteiger partial charge >= 0.3 is 0 Å². The van der Waals surface area contributed by atoms with E-state index in [2.05, 4.69) is 10.3 Å². The van der Waals surface area contributed by atoms with E-state index in [4.69, 9.17) is 21.1 Å². The second kappa shape index (κ2) is 9.65. The van der Waals surface area contributed by atoms with Gasteiger partial charge in [0.15, 0.2) is 11.5 Å². The van der Waals surface area contributed by atoms with E-state index in [1.807, 2.05) is 38.1 Å². The number of aryl methyl sites for hydroxylation is 1. The normalized spacial score (nSPS) is 12.1. The molecular weight excluding hydrogens is 424 g/mol. The highest BCUT2D eigenvalue weighted by molar-refractivity contribution is 7.07. The lowest BCUT2D eigenvalue weighted by molar-refractivity contribution is -0.110. The van der Waals surface area contributed by atoms with Crippen LogP contribution in [-0.2, 0) is 4.79 Å². The summed E-state index contributed by atoms with van der Waals surface area (Å²) in [4.78, 5) is 27.3. The number of nitrogens with one attached hydrogen (secondary N) is 2. The van der Waals surface area contributed by atoms with Crippen LogP contribution in [0.1, 0.15) is 18.1 Å².